The highest BCUT2D eigenvalue weighted by Gasteiger charge is 2.21. The van der Waals surface area contributed by atoms with E-state index in [1.807, 2.05) is 36.4 Å². The fourth-order valence-electron chi connectivity index (χ4n) is 4.03. The molecule has 32 heavy (non-hydrogen) atoms. The summed E-state index contributed by atoms with van der Waals surface area (Å²) in [5.74, 6) is 1.29. The first-order valence-corrected chi connectivity index (χ1v) is 12.5. The highest BCUT2D eigenvalue weighted by atomic mass is 32.2. The van der Waals surface area contributed by atoms with Crippen LogP contribution in [0.25, 0.3) is 10.9 Å². The maximum absolute atomic E-state index is 13.2. The molecule has 0 radical (unpaired) electrons. The number of hydrogen-bond acceptors (Lipinski definition) is 3. The second kappa shape index (κ2) is 10.6. The van der Waals surface area contributed by atoms with Crippen molar-refractivity contribution in [2.24, 2.45) is 0 Å². The number of H-pyrrole nitrogens is 1. The van der Waals surface area contributed by atoms with Crippen molar-refractivity contribution in [2.45, 2.75) is 39.0 Å². The Morgan fingerprint density at radius 2 is 2.06 bits per heavy atom. The van der Waals surface area contributed by atoms with E-state index in [9.17, 15) is 4.79 Å². The number of carbonyl (C=O) groups excluding carboxylic acids is 1. The van der Waals surface area contributed by atoms with Crippen LogP contribution >= 0.6 is 11.9 Å². The number of unbranched alkanes of at least 4 members (excludes halogenated alkanes) is 1. The van der Waals surface area contributed by atoms with Gasteiger partial charge in [-0.3, -0.25) is 0 Å². The van der Waals surface area contributed by atoms with Gasteiger partial charge in [0.15, 0.2) is 0 Å². The molecule has 0 fully saturated rings. The second-order valence-corrected chi connectivity index (χ2v) is 9.15. The topological polar surface area (TPSA) is 51.4 Å². The van der Waals surface area contributed by atoms with Crippen LogP contribution in [0.4, 0.5) is 16.2 Å². The lowest BCUT2D eigenvalue weighted by Gasteiger charge is -2.26. The Bertz CT molecular complexity index is 1060. The molecule has 0 saturated heterocycles. The lowest BCUT2D eigenvalue weighted by Crippen LogP contribution is -2.29. The van der Waals surface area contributed by atoms with Crippen LogP contribution in [0, 0.1) is 0 Å². The Hall–Kier alpha value is -2.86. The Labute approximate surface area is 195 Å². The molecule has 1 unspecified atom stereocenters. The van der Waals surface area contributed by atoms with Crippen molar-refractivity contribution in [1.82, 2.24) is 9.88 Å². The molecular weight excluding hydrogens is 416 g/mol. The molecule has 6 heteroatoms. The van der Waals surface area contributed by atoms with Gasteiger partial charge in [0.2, 0.25) is 0 Å². The molecule has 0 spiro atoms. The lowest BCUT2D eigenvalue weighted by atomic mass is 9.93. The quantitative estimate of drug-likeness (QED) is 0.289. The minimum Gasteiger partial charge on any atom is -0.378 e. The minimum absolute atomic E-state index is 0.120. The maximum Gasteiger partial charge on any atom is 0.336 e. The first-order chi connectivity index (χ1) is 15.7. The average Bonchev–Trinajstić information content (AvgIpc) is 3.26. The zero-order chi connectivity index (χ0) is 22.3. The van der Waals surface area contributed by atoms with Gasteiger partial charge in [0.05, 0.1) is 5.69 Å². The fraction of sp³-hybridized carbons (Fsp3) is 0.346. The van der Waals surface area contributed by atoms with Crippen LogP contribution in [0.1, 0.15) is 44.6 Å². The molecular formula is C26H32N4OS. The third-order valence-corrected chi connectivity index (χ3v) is 7.03. The van der Waals surface area contributed by atoms with Crippen molar-refractivity contribution in [1.29, 1.82) is 0 Å². The van der Waals surface area contributed by atoms with Crippen LogP contribution in [0.5, 0.6) is 0 Å². The summed E-state index contributed by atoms with van der Waals surface area (Å²) in [4.78, 5) is 19.0. The number of fused-ring (bicyclic) bond motifs is 1. The van der Waals surface area contributed by atoms with E-state index >= 15 is 0 Å². The van der Waals surface area contributed by atoms with Crippen molar-refractivity contribution >= 4 is 40.3 Å². The smallest absolute Gasteiger partial charge is 0.336 e. The third-order valence-electron chi connectivity index (χ3n) is 5.92. The zero-order valence-electron chi connectivity index (χ0n) is 18.9. The normalized spacial score (nSPS) is 15.8. The predicted molar refractivity (Wildman–Crippen MR) is 137 cm³/mol. The van der Waals surface area contributed by atoms with Gasteiger partial charge in [0.1, 0.15) is 0 Å². The lowest BCUT2D eigenvalue weighted by molar-refractivity contribution is 0.260. The Morgan fingerprint density at radius 1 is 1.22 bits per heavy atom. The number of urea groups is 1. The van der Waals surface area contributed by atoms with Crippen molar-refractivity contribution in [2.75, 3.05) is 28.5 Å². The molecule has 0 aliphatic carbocycles. The largest absolute Gasteiger partial charge is 0.378 e. The molecule has 2 heterocycles. The molecule has 168 valence electrons. The summed E-state index contributed by atoms with van der Waals surface area (Å²) in [5, 5.41) is 4.23. The standard InChI is InChI=1S/C26H32N4OS/c1-3-5-17-32-30(26(31)28-21-9-7-6-8-10-21)22-11-12-25-23(18-22)24(19-27-25)20-13-15-29(4-2)16-14-20/h6-13,15,18-20,27H,3-5,14,16-17H2,1-2H3,(H,28,31). The number of nitrogens with one attached hydrogen (secondary N) is 2. The van der Waals surface area contributed by atoms with Crippen LogP contribution in [-0.2, 0) is 0 Å². The Kier molecular flexibility index (Phi) is 7.43. The van der Waals surface area contributed by atoms with Gasteiger partial charge < -0.3 is 15.2 Å². The predicted octanol–water partition coefficient (Wildman–Crippen LogP) is 6.98. The van der Waals surface area contributed by atoms with Gasteiger partial charge in [0, 0.05) is 47.5 Å². The number of hydrogen-bond donors (Lipinski definition) is 2. The number of amides is 2. The second-order valence-electron chi connectivity index (χ2n) is 8.12. The van der Waals surface area contributed by atoms with E-state index in [2.05, 4.69) is 59.7 Å². The van der Waals surface area contributed by atoms with E-state index in [1.165, 1.54) is 10.9 Å². The first kappa shape index (κ1) is 22.3. The molecule has 3 aromatic rings. The van der Waals surface area contributed by atoms with Gasteiger partial charge >= 0.3 is 6.03 Å². The highest BCUT2D eigenvalue weighted by Crippen LogP contribution is 2.35. The Morgan fingerprint density at radius 3 is 2.78 bits per heavy atom. The number of rotatable bonds is 8. The minimum atomic E-state index is -0.120. The molecule has 1 aliphatic heterocycles. The summed E-state index contributed by atoms with van der Waals surface area (Å²) in [7, 11) is 0. The molecule has 0 bridgehead atoms. The molecule has 2 aromatic carbocycles. The number of nitrogens with zero attached hydrogens (tertiary/aromatic N) is 2. The maximum atomic E-state index is 13.2. The zero-order valence-corrected chi connectivity index (χ0v) is 19.7. The molecule has 5 nitrogen and oxygen atoms in total. The molecule has 2 amide bonds. The Balaban J connectivity index is 1.62. The number of aromatic amines is 1. The molecule has 2 N–H and O–H groups in total. The van der Waals surface area contributed by atoms with E-state index in [4.69, 9.17) is 0 Å². The molecule has 1 atom stereocenters. The molecule has 1 aliphatic rings. The molecule has 4 rings (SSSR count). The van der Waals surface area contributed by atoms with E-state index in [0.717, 1.165) is 55.0 Å². The first-order valence-electron chi connectivity index (χ1n) is 11.5. The van der Waals surface area contributed by atoms with Crippen molar-refractivity contribution in [3.8, 4) is 0 Å². The summed E-state index contributed by atoms with van der Waals surface area (Å²) >= 11 is 1.57. The van der Waals surface area contributed by atoms with Crippen LogP contribution < -0.4 is 9.62 Å². The number of benzene rings is 2. The summed E-state index contributed by atoms with van der Waals surface area (Å²) in [6, 6.07) is 15.8. The summed E-state index contributed by atoms with van der Waals surface area (Å²) in [6.45, 7) is 6.47. The number of anilines is 2. The molecule has 1 aromatic heterocycles. The highest BCUT2D eigenvalue weighted by molar-refractivity contribution is 8.01. The third kappa shape index (κ3) is 5.13. The van der Waals surface area contributed by atoms with Crippen LogP contribution in [-0.4, -0.2) is 34.8 Å². The SMILES string of the molecule is CCCCSN(C(=O)Nc1ccccc1)c1ccc2[nH]cc(C3C=CN(CC)CC3)c2c1. The number of allylic oxidation sites excluding steroid dienone is 1. The van der Waals surface area contributed by atoms with Crippen LogP contribution in [0.2, 0.25) is 0 Å². The summed E-state index contributed by atoms with van der Waals surface area (Å²) < 4.78 is 1.80. The van der Waals surface area contributed by atoms with Crippen molar-refractivity contribution in [3.63, 3.8) is 0 Å². The summed E-state index contributed by atoms with van der Waals surface area (Å²) in [6.07, 6.45) is 9.92. The van der Waals surface area contributed by atoms with Crippen LogP contribution in [0.3, 0.4) is 0 Å². The van der Waals surface area contributed by atoms with Gasteiger partial charge in [-0.05, 0) is 73.8 Å². The van der Waals surface area contributed by atoms with Gasteiger partial charge in [-0.2, -0.15) is 0 Å². The number of carbonyl (C=O) groups is 1. The van der Waals surface area contributed by atoms with Crippen molar-refractivity contribution < 1.29 is 4.79 Å². The van der Waals surface area contributed by atoms with Gasteiger partial charge in [0.25, 0.3) is 0 Å². The summed E-state index contributed by atoms with van der Waals surface area (Å²) in [5.41, 5.74) is 4.12. The van der Waals surface area contributed by atoms with Gasteiger partial charge in [-0.15, -0.1) is 0 Å². The van der Waals surface area contributed by atoms with Crippen molar-refractivity contribution in [3.05, 3.63) is 72.6 Å². The number of aromatic nitrogens is 1. The van der Waals surface area contributed by atoms with E-state index in [-0.39, 0.29) is 6.03 Å². The van der Waals surface area contributed by atoms with Crippen LogP contribution in [0.15, 0.2) is 67.0 Å². The van der Waals surface area contributed by atoms with E-state index in [0.29, 0.717) is 5.92 Å². The van der Waals surface area contributed by atoms with Gasteiger partial charge in [-0.1, -0.05) is 37.6 Å². The van der Waals surface area contributed by atoms with Gasteiger partial charge in [-0.25, -0.2) is 9.10 Å². The fourth-order valence-corrected chi connectivity index (χ4v) is 5.06. The van der Waals surface area contributed by atoms with E-state index < -0.39 is 0 Å². The van der Waals surface area contributed by atoms with E-state index in [1.54, 1.807) is 16.3 Å². The monoisotopic (exact) mass is 448 g/mol. The average molecular weight is 449 g/mol. The molecule has 0 saturated carbocycles. The number of para-hydroxylation sites is 1.